The Labute approximate surface area is 108 Å². The van der Waals surface area contributed by atoms with Crippen LogP contribution in [0.25, 0.3) is 0 Å². The number of carboxylic acid groups (broad SMARTS) is 1. The van der Waals surface area contributed by atoms with E-state index in [-0.39, 0.29) is 12.3 Å². The summed E-state index contributed by atoms with van der Waals surface area (Å²) in [5.74, 6) is -5.02. The molecule has 1 aromatic rings. The van der Waals surface area contributed by atoms with Crippen LogP contribution in [0.5, 0.6) is 0 Å². The third kappa shape index (κ3) is 3.40. The van der Waals surface area contributed by atoms with E-state index >= 15 is 0 Å². The van der Waals surface area contributed by atoms with E-state index < -0.39 is 35.2 Å². The van der Waals surface area contributed by atoms with Crippen molar-refractivity contribution >= 4 is 17.6 Å². The van der Waals surface area contributed by atoms with Gasteiger partial charge in [0, 0.05) is 0 Å². The van der Waals surface area contributed by atoms with Crippen molar-refractivity contribution in [1.29, 1.82) is 0 Å². The minimum absolute atomic E-state index is 0.166. The van der Waals surface area contributed by atoms with E-state index in [2.05, 4.69) is 5.32 Å². The van der Waals surface area contributed by atoms with Gasteiger partial charge in [0.2, 0.25) is 0 Å². The first-order chi connectivity index (χ1) is 8.88. The molecule has 104 valence electrons. The minimum Gasteiger partial charge on any atom is -0.478 e. The lowest BCUT2D eigenvalue weighted by molar-refractivity contribution is -0.143. The minimum atomic E-state index is -1.57. The summed E-state index contributed by atoms with van der Waals surface area (Å²) in [5.41, 5.74) is -1.07. The molecule has 5 nitrogen and oxygen atoms in total. The maximum atomic E-state index is 13.6. The molecule has 1 atom stereocenters. The number of carbonyl (C=O) groups is 2. The van der Waals surface area contributed by atoms with Crippen LogP contribution < -0.4 is 5.32 Å². The SMILES string of the molecule is CCOC(=O)C(C)Nc1ccc(C(=O)O)c(F)c1F. The van der Waals surface area contributed by atoms with Gasteiger partial charge in [0.1, 0.15) is 6.04 Å². The number of halogens is 2. The molecular weight excluding hydrogens is 260 g/mol. The predicted octanol–water partition coefficient (Wildman–Crippen LogP) is 2.03. The fourth-order valence-electron chi connectivity index (χ4n) is 1.39. The smallest absolute Gasteiger partial charge is 0.338 e. The lowest BCUT2D eigenvalue weighted by Crippen LogP contribution is -2.28. The number of carbonyl (C=O) groups excluding carboxylic acids is 1. The van der Waals surface area contributed by atoms with Crippen molar-refractivity contribution in [2.24, 2.45) is 0 Å². The molecule has 1 unspecified atom stereocenters. The number of nitrogens with one attached hydrogen (secondary N) is 1. The van der Waals surface area contributed by atoms with E-state index in [0.717, 1.165) is 12.1 Å². The molecule has 0 fully saturated rings. The Morgan fingerprint density at radius 1 is 1.37 bits per heavy atom. The van der Waals surface area contributed by atoms with Crippen LogP contribution in [0, 0.1) is 11.6 Å². The van der Waals surface area contributed by atoms with E-state index in [4.69, 9.17) is 9.84 Å². The molecule has 0 aliphatic heterocycles. The topological polar surface area (TPSA) is 75.6 Å². The summed E-state index contributed by atoms with van der Waals surface area (Å²) < 4.78 is 31.7. The number of aromatic carboxylic acids is 1. The summed E-state index contributed by atoms with van der Waals surface area (Å²) in [5, 5.41) is 11.0. The van der Waals surface area contributed by atoms with Crippen LogP contribution in [0.2, 0.25) is 0 Å². The molecule has 0 aromatic heterocycles. The van der Waals surface area contributed by atoms with Crippen LogP contribution in [0.4, 0.5) is 14.5 Å². The van der Waals surface area contributed by atoms with Crippen LogP contribution in [0.1, 0.15) is 24.2 Å². The quantitative estimate of drug-likeness (QED) is 0.803. The van der Waals surface area contributed by atoms with Gasteiger partial charge >= 0.3 is 11.9 Å². The molecule has 0 bridgehead atoms. The standard InChI is InChI=1S/C12H13F2NO4/c1-3-19-12(18)6(2)15-8-5-4-7(11(16)17)9(13)10(8)14/h4-6,15H,3H2,1-2H3,(H,16,17). The van der Waals surface area contributed by atoms with E-state index in [1.165, 1.54) is 6.92 Å². The second-order valence-electron chi connectivity index (χ2n) is 3.71. The molecule has 1 aromatic carbocycles. The Balaban J connectivity index is 2.95. The van der Waals surface area contributed by atoms with E-state index in [1.54, 1.807) is 6.92 Å². The summed E-state index contributed by atoms with van der Waals surface area (Å²) in [6, 6.07) is 1.09. The Morgan fingerprint density at radius 3 is 2.53 bits per heavy atom. The molecule has 0 amide bonds. The first kappa shape index (κ1) is 14.9. The average molecular weight is 273 g/mol. The number of anilines is 1. The third-order valence-corrected chi connectivity index (χ3v) is 2.32. The molecule has 7 heteroatoms. The lowest BCUT2D eigenvalue weighted by Gasteiger charge is -2.15. The van der Waals surface area contributed by atoms with Crippen molar-refractivity contribution in [2.45, 2.75) is 19.9 Å². The first-order valence-electron chi connectivity index (χ1n) is 5.53. The van der Waals surface area contributed by atoms with Crippen molar-refractivity contribution < 1.29 is 28.2 Å². The monoisotopic (exact) mass is 273 g/mol. The first-order valence-corrected chi connectivity index (χ1v) is 5.53. The van der Waals surface area contributed by atoms with Gasteiger partial charge < -0.3 is 15.2 Å². The van der Waals surface area contributed by atoms with Gasteiger partial charge in [0.15, 0.2) is 11.6 Å². The molecule has 2 N–H and O–H groups in total. The number of hydrogen-bond donors (Lipinski definition) is 2. The normalized spacial score (nSPS) is 11.8. The number of benzene rings is 1. The number of ether oxygens (including phenoxy) is 1. The van der Waals surface area contributed by atoms with Gasteiger partial charge in [-0.05, 0) is 26.0 Å². The third-order valence-electron chi connectivity index (χ3n) is 2.32. The molecule has 1 rings (SSSR count). The molecule has 0 radical (unpaired) electrons. The predicted molar refractivity (Wildman–Crippen MR) is 63.0 cm³/mol. The van der Waals surface area contributed by atoms with Crippen LogP contribution in [-0.2, 0) is 9.53 Å². The van der Waals surface area contributed by atoms with Crippen molar-refractivity contribution in [3.63, 3.8) is 0 Å². The molecule has 0 saturated carbocycles. The van der Waals surface area contributed by atoms with Crippen molar-refractivity contribution in [1.82, 2.24) is 0 Å². The van der Waals surface area contributed by atoms with Crippen LogP contribution in [-0.4, -0.2) is 29.7 Å². The van der Waals surface area contributed by atoms with Crippen molar-refractivity contribution in [2.75, 3.05) is 11.9 Å². The summed E-state index contributed by atoms with van der Waals surface area (Å²) in [4.78, 5) is 21.9. The molecular formula is C12H13F2NO4. The number of esters is 1. The molecule has 0 heterocycles. The van der Waals surface area contributed by atoms with E-state index in [1.807, 2.05) is 0 Å². The zero-order chi connectivity index (χ0) is 14.6. The van der Waals surface area contributed by atoms with Gasteiger partial charge in [-0.15, -0.1) is 0 Å². The fraction of sp³-hybridized carbons (Fsp3) is 0.333. The summed E-state index contributed by atoms with van der Waals surface area (Å²) in [6.07, 6.45) is 0. The molecule has 0 saturated heterocycles. The van der Waals surface area contributed by atoms with Gasteiger partial charge in [-0.3, -0.25) is 0 Å². The fourth-order valence-corrected chi connectivity index (χ4v) is 1.39. The number of carboxylic acids is 1. The van der Waals surface area contributed by atoms with Crippen molar-refractivity contribution in [3.8, 4) is 0 Å². The Bertz CT molecular complexity index is 505. The zero-order valence-corrected chi connectivity index (χ0v) is 10.4. The van der Waals surface area contributed by atoms with Gasteiger partial charge in [-0.2, -0.15) is 0 Å². The second kappa shape index (κ2) is 6.12. The van der Waals surface area contributed by atoms with Gasteiger partial charge in [0.05, 0.1) is 17.9 Å². The summed E-state index contributed by atoms with van der Waals surface area (Å²) in [6.45, 7) is 3.20. The average Bonchev–Trinajstić information content (AvgIpc) is 2.34. The second-order valence-corrected chi connectivity index (χ2v) is 3.71. The van der Waals surface area contributed by atoms with Gasteiger partial charge in [0.25, 0.3) is 0 Å². The summed E-state index contributed by atoms with van der Waals surface area (Å²) in [7, 11) is 0. The summed E-state index contributed by atoms with van der Waals surface area (Å²) >= 11 is 0. The highest BCUT2D eigenvalue weighted by Gasteiger charge is 2.21. The molecule has 0 aliphatic rings. The van der Waals surface area contributed by atoms with Crippen LogP contribution >= 0.6 is 0 Å². The molecule has 19 heavy (non-hydrogen) atoms. The zero-order valence-electron chi connectivity index (χ0n) is 10.4. The van der Waals surface area contributed by atoms with Crippen LogP contribution in [0.15, 0.2) is 12.1 Å². The highest BCUT2D eigenvalue weighted by Crippen LogP contribution is 2.21. The Kier molecular flexibility index (Phi) is 4.80. The number of hydrogen-bond acceptors (Lipinski definition) is 4. The Hall–Kier alpha value is -2.18. The largest absolute Gasteiger partial charge is 0.478 e. The Morgan fingerprint density at radius 2 is 2.00 bits per heavy atom. The highest BCUT2D eigenvalue weighted by atomic mass is 19.2. The van der Waals surface area contributed by atoms with Gasteiger partial charge in [-0.1, -0.05) is 0 Å². The highest BCUT2D eigenvalue weighted by molar-refractivity contribution is 5.88. The number of rotatable bonds is 5. The van der Waals surface area contributed by atoms with Crippen molar-refractivity contribution in [3.05, 3.63) is 29.3 Å². The molecule has 0 spiro atoms. The van der Waals surface area contributed by atoms with Crippen LogP contribution in [0.3, 0.4) is 0 Å². The van der Waals surface area contributed by atoms with E-state index in [9.17, 15) is 18.4 Å². The maximum absolute atomic E-state index is 13.6. The molecule has 0 aliphatic carbocycles. The lowest BCUT2D eigenvalue weighted by atomic mass is 10.1. The van der Waals surface area contributed by atoms with E-state index in [0.29, 0.717) is 0 Å². The van der Waals surface area contributed by atoms with Gasteiger partial charge in [-0.25, -0.2) is 18.4 Å². The maximum Gasteiger partial charge on any atom is 0.338 e.